The molecular weight excluding hydrogens is 238 g/mol. The summed E-state index contributed by atoms with van der Waals surface area (Å²) in [6.07, 6.45) is 7.27. The van der Waals surface area contributed by atoms with Gasteiger partial charge in [0.05, 0.1) is 5.69 Å². The summed E-state index contributed by atoms with van der Waals surface area (Å²) >= 11 is 0. The highest BCUT2D eigenvalue weighted by molar-refractivity contribution is 5.36. The molecule has 3 rings (SSSR count). The fourth-order valence-corrected chi connectivity index (χ4v) is 3.08. The molecule has 102 valence electrons. The van der Waals surface area contributed by atoms with E-state index in [2.05, 4.69) is 27.7 Å². The van der Waals surface area contributed by atoms with Crippen LogP contribution in [0.15, 0.2) is 12.1 Å². The highest BCUT2D eigenvalue weighted by atomic mass is 15.4. The summed E-state index contributed by atoms with van der Waals surface area (Å²) < 4.78 is 1.89. The van der Waals surface area contributed by atoms with Crippen molar-refractivity contribution in [3.8, 4) is 0 Å². The topological polar surface area (TPSA) is 55.1 Å². The summed E-state index contributed by atoms with van der Waals surface area (Å²) in [5.41, 5.74) is 2.01. The second-order valence-electron chi connectivity index (χ2n) is 5.63. The van der Waals surface area contributed by atoms with Gasteiger partial charge in [-0.05, 0) is 38.9 Å². The number of fused-ring (bicyclic) bond motifs is 1. The third-order valence-corrected chi connectivity index (χ3v) is 4.30. The van der Waals surface area contributed by atoms with Gasteiger partial charge in [-0.15, -0.1) is 10.2 Å². The maximum Gasteiger partial charge on any atom is 0.177 e. The van der Waals surface area contributed by atoms with E-state index in [0.29, 0.717) is 0 Å². The van der Waals surface area contributed by atoms with Gasteiger partial charge in [0.2, 0.25) is 0 Å². The number of likely N-dealkylation sites (N-methyl/N-ethyl adjacent to an activating group) is 1. The standard InChI is InChI=1S/C14H21N5/c1-11-6-7-12-16-17-13(19(12)18-11)10-14(15-2)8-4-3-5-9-14/h6-7,15H,3-5,8-10H2,1-2H3. The van der Waals surface area contributed by atoms with Crippen molar-refractivity contribution in [3.05, 3.63) is 23.7 Å². The Bertz CT molecular complexity index is 568. The van der Waals surface area contributed by atoms with Crippen molar-refractivity contribution in [2.24, 2.45) is 0 Å². The fraction of sp³-hybridized carbons (Fsp3) is 0.643. The summed E-state index contributed by atoms with van der Waals surface area (Å²) in [4.78, 5) is 0. The van der Waals surface area contributed by atoms with Crippen molar-refractivity contribution in [1.29, 1.82) is 0 Å². The molecule has 0 atom stereocenters. The van der Waals surface area contributed by atoms with Crippen LogP contribution in [0.4, 0.5) is 0 Å². The molecule has 0 bridgehead atoms. The molecule has 1 aliphatic carbocycles. The first-order valence-electron chi connectivity index (χ1n) is 7.09. The zero-order valence-corrected chi connectivity index (χ0v) is 11.7. The maximum absolute atomic E-state index is 4.53. The van der Waals surface area contributed by atoms with E-state index in [1.807, 2.05) is 23.6 Å². The highest BCUT2D eigenvalue weighted by Gasteiger charge is 2.32. The first-order chi connectivity index (χ1) is 9.22. The minimum atomic E-state index is 0.173. The Kier molecular flexibility index (Phi) is 3.22. The lowest BCUT2D eigenvalue weighted by Crippen LogP contribution is -2.47. The molecule has 0 saturated heterocycles. The van der Waals surface area contributed by atoms with Crippen LogP contribution in [-0.4, -0.2) is 32.4 Å². The third-order valence-electron chi connectivity index (χ3n) is 4.30. The lowest BCUT2D eigenvalue weighted by molar-refractivity contribution is 0.240. The van der Waals surface area contributed by atoms with Crippen LogP contribution >= 0.6 is 0 Å². The number of rotatable bonds is 3. The van der Waals surface area contributed by atoms with Gasteiger partial charge in [0, 0.05) is 12.0 Å². The van der Waals surface area contributed by atoms with Crippen molar-refractivity contribution in [2.75, 3.05) is 7.05 Å². The van der Waals surface area contributed by atoms with Gasteiger partial charge in [-0.25, -0.2) is 0 Å². The molecule has 0 spiro atoms. The van der Waals surface area contributed by atoms with E-state index in [4.69, 9.17) is 0 Å². The van der Waals surface area contributed by atoms with E-state index in [1.54, 1.807) is 0 Å². The smallest absolute Gasteiger partial charge is 0.177 e. The average molecular weight is 259 g/mol. The molecule has 2 aromatic rings. The largest absolute Gasteiger partial charge is 0.314 e. The Morgan fingerprint density at radius 3 is 2.74 bits per heavy atom. The van der Waals surface area contributed by atoms with Crippen LogP contribution in [0.1, 0.15) is 43.6 Å². The Hall–Kier alpha value is -1.49. The van der Waals surface area contributed by atoms with Gasteiger partial charge in [-0.2, -0.15) is 9.61 Å². The van der Waals surface area contributed by atoms with Crippen LogP contribution in [0, 0.1) is 6.92 Å². The predicted octanol–water partition coefficient (Wildman–Crippen LogP) is 1.90. The predicted molar refractivity (Wildman–Crippen MR) is 74.1 cm³/mol. The van der Waals surface area contributed by atoms with Crippen LogP contribution in [0.3, 0.4) is 0 Å². The SMILES string of the molecule is CNC1(Cc2nnc3ccc(C)nn23)CCCCC1. The van der Waals surface area contributed by atoms with E-state index >= 15 is 0 Å². The molecule has 1 fully saturated rings. The van der Waals surface area contributed by atoms with E-state index in [-0.39, 0.29) is 5.54 Å². The summed E-state index contributed by atoms with van der Waals surface area (Å²) in [6.45, 7) is 2.00. The summed E-state index contributed by atoms with van der Waals surface area (Å²) in [6, 6.07) is 3.95. The molecule has 5 nitrogen and oxygen atoms in total. The summed E-state index contributed by atoms with van der Waals surface area (Å²) in [5.74, 6) is 0.968. The number of nitrogens with zero attached hydrogens (tertiary/aromatic N) is 4. The third kappa shape index (κ3) is 2.34. The van der Waals surface area contributed by atoms with Gasteiger partial charge in [-0.1, -0.05) is 19.3 Å². The van der Waals surface area contributed by atoms with Gasteiger partial charge < -0.3 is 5.32 Å². The monoisotopic (exact) mass is 259 g/mol. The molecule has 5 heteroatoms. The lowest BCUT2D eigenvalue weighted by Gasteiger charge is -2.36. The Morgan fingerprint density at radius 1 is 1.21 bits per heavy atom. The van der Waals surface area contributed by atoms with Crippen LogP contribution in [0.2, 0.25) is 0 Å². The number of hydrogen-bond donors (Lipinski definition) is 1. The quantitative estimate of drug-likeness (QED) is 0.914. The Labute approximate surface area is 113 Å². The van der Waals surface area contributed by atoms with Gasteiger partial charge in [0.1, 0.15) is 0 Å². The van der Waals surface area contributed by atoms with Gasteiger partial charge in [0.25, 0.3) is 0 Å². The van der Waals surface area contributed by atoms with Crippen molar-refractivity contribution in [3.63, 3.8) is 0 Å². The zero-order valence-electron chi connectivity index (χ0n) is 11.7. The number of aryl methyl sites for hydroxylation is 1. The Morgan fingerprint density at radius 2 is 2.00 bits per heavy atom. The second kappa shape index (κ2) is 4.89. The Balaban J connectivity index is 1.93. The first kappa shape index (κ1) is 12.5. The van der Waals surface area contributed by atoms with E-state index in [0.717, 1.165) is 23.6 Å². The van der Waals surface area contributed by atoms with Crippen molar-refractivity contribution >= 4 is 5.65 Å². The molecule has 19 heavy (non-hydrogen) atoms. The molecule has 0 unspecified atom stereocenters. The molecule has 1 N–H and O–H groups in total. The van der Waals surface area contributed by atoms with Gasteiger partial charge in [-0.3, -0.25) is 0 Å². The normalized spacial score (nSPS) is 18.8. The van der Waals surface area contributed by atoms with Crippen molar-refractivity contribution in [1.82, 2.24) is 25.1 Å². The van der Waals surface area contributed by atoms with E-state index in [9.17, 15) is 0 Å². The van der Waals surface area contributed by atoms with E-state index < -0.39 is 0 Å². The minimum Gasteiger partial charge on any atom is -0.314 e. The number of hydrogen-bond acceptors (Lipinski definition) is 4. The van der Waals surface area contributed by atoms with Gasteiger partial charge >= 0.3 is 0 Å². The lowest BCUT2D eigenvalue weighted by atomic mass is 9.79. The molecule has 0 aliphatic heterocycles. The molecular formula is C14H21N5. The molecule has 2 aromatic heterocycles. The molecule has 0 radical (unpaired) electrons. The van der Waals surface area contributed by atoms with Gasteiger partial charge in [0.15, 0.2) is 11.5 Å². The fourth-order valence-electron chi connectivity index (χ4n) is 3.08. The minimum absolute atomic E-state index is 0.173. The highest BCUT2D eigenvalue weighted by Crippen LogP contribution is 2.30. The molecule has 0 aromatic carbocycles. The van der Waals surface area contributed by atoms with Crippen LogP contribution in [0.25, 0.3) is 5.65 Å². The van der Waals surface area contributed by atoms with E-state index in [1.165, 1.54) is 32.1 Å². The van der Waals surface area contributed by atoms with Crippen LogP contribution in [-0.2, 0) is 6.42 Å². The van der Waals surface area contributed by atoms with Crippen LogP contribution in [0.5, 0.6) is 0 Å². The first-order valence-corrected chi connectivity index (χ1v) is 7.09. The number of aromatic nitrogens is 4. The zero-order chi connectivity index (χ0) is 13.3. The van der Waals surface area contributed by atoms with Crippen LogP contribution < -0.4 is 5.32 Å². The average Bonchev–Trinajstić information content (AvgIpc) is 2.82. The molecule has 1 saturated carbocycles. The van der Waals surface area contributed by atoms with Crippen molar-refractivity contribution < 1.29 is 0 Å². The molecule has 1 aliphatic rings. The summed E-state index contributed by atoms with van der Waals surface area (Å²) in [5, 5.41) is 16.6. The van der Waals surface area contributed by atoms with Crippen molar-refractivity contribution in [2.45, 2.75) is 51.0 Å². The number of nitrogens with one attached hydrogen (secondary N) is 1. The second-order valence-corrected chi connectivity index (χ2v) is 5.63. The molecule has 2 heterocycles. The maximum atomic E-state index is 4.53. The molecule has 0 amide bonds. The summed E-state index contributed by atoms with van der Waals surface area (Å²) in [7, 11) is 2.06.